The van der Waals surface area contributed by atoms with E-state index in [9.17, 15) is 9.59 Å². The van der Waals surface area contributed by atoms with Gasteiger partial charge in [0.15, 0.2) is 0 Å². The highest BCUT2D eigenvalue weighted by atomic mass is 32.2. The number of thioether (sulfide) groups is 1. The fraction of sp³-hybridized carbons (Fsp3) is 0.440. The van der Waals surface area contributed by atoms with Gasteiger partial charge in [-0.3, -0.25) is 9.59 Å². The van der Waals surface area contributed by atoms with Gasteiger partial charge in [0, 0.05) is 34.8 Å². The summed E-state index contributed by atoms with van der Waals surface area (Å²) >= 11 is 1.79. The molecule has 0 radical (unpaired) electrons. The SMILES string of the molecule is CCC(C(=O)N1CCC(NC(=O)c2ccc(SC(C)C)cc2)CC1)c1ccccc1. The molecule has 1 fully saturated rings. The Balaban J connectivity index is 1.51. The van der Waals surface area contributed by atoms with Gasteiger partial charge >= 0.3 is 0 Å². The van der Waals surface area contributed by atoms with Gasteiger partial charge in [-0.1, -0.05) is 51.1 Å². The highest BCUT2D eigenvalue weighted by molar-refractivity contribution is 7.99. The Hall–Kier alpha value is -2.27. The molecule has 0 bridgehead atoms. The van der Waals surface area contributed by atoms with Gasteiger partial charge in [0.1, 0.15) is 0 Å². The van der Waals surface area contributed by atoms with Crippen LogP contribution in [0.2, 0.25) is 0 Å². The summed E-state index contributed by atoms with van der Waals surface area (Å²) in [5.74, 6) is 0.0860. The summed E-state index contributed by atoms with van der Waals surface area (Å²) in [6.07, 6.45) is 2.39. The highest BCUT2D eigenvalue weighted by Crippen LogP contribution is 2.25. The van der Waals surface area contributed by atoms with E-state index in [1.54, 1.807) is 11.8 Å². The normalized spacial score (nSPS) is 15.8. The molecule has 1 aliphatic rings. The molecule has 2 amide bonds. The standard InChI is InChI=1S/C25H32N2O2S/c1-4-23(19-8-6-5-7-9-19)25(29)27-16-14-21(15-17-27)26-24(28)20-10-12-22(13-11-20)30-18(2)3/h5-13,18,21,23H,4,14-17H2,1-3H3,(H,26,28). The van der Waals surface area contributed by atoms with Gasteiger partial charge in [0.05, 0.1) is 5.92 Å². The molecule has 0 spiro atoms. The fourth-order valence-corrected chi connectivity index (χ4v) is 4.77. The van der Waals surface area contributed by atoms with Crippen LogP contribution in [0.5, 0.6) is 0 Å². The van der Waals surface area contributed by atoms with E-state index in [0.717, 1.165) is 24.8 Å². The van der Waals surface area contributed by atoms with Crippen molar-refractivity contribution in [1.29, 1.82) is 0 Å². The van der Waals surface area contributed by atoms with Crippen molar-refractivity contribution in [2.45, 2.75) is 62.1 Å². The summed E-state index contributed by atoms with van der Waals surface area (Å²) in [7, 11) is 0. The molecule has 1 saturated heterocycles. The average molecular weight is 425 g/mol. The lowest BCUT2D eigenvalue weighted by molar-refractivity contribution is -0.134. The number of hydrogen-bond acceptors (Lipinski definition) is 3. The Morgan fingerprint density at radius 3 is 2.23 bits per heavy atom. The van der Waals surface area contributed by atoms with Crippen molar-refractivity contribution in [2.24, 2.45) is 0 Å². The van der Waals surface area contributed by atoms with E-state index >= 15 is 0 Å². The quantitative estimate of drug-likeness (QED) is 0.629. The third-order valence-electron chi connectivity index (χ3n) is 5.54. The number of likely N-dealkylation sites (tertiary alicyclic amines) is 1. The van der Waals surface area contributed by atoms with E-state index in [0.29, 0.717) is 23.9 Å². The van der Waals surface area contributed by atoms with Crippen LogP contribution in [0.4, 0.5) is 0 Å². The number of benzene rings is 2. The molecule has 0 aromatic heterocycles. The van der Waals surface area contributed by atoms with Crippen LogP contribution in [0.1, 0.15) is 61.9 Å². The molecule has 0 aliphatic carbocycles. The summed E-state index contributed by atoms with van der Waals surface area (Å²) in [4.78, 5) is 28.8. The molecule has 1 heterocycles. The third kappa shape index (κ3) is 5.88. The highest BCUT2D eigenvalue weighted by Gasteiger charge is 2.28. The number of piperidine rings is 1. The first-order chi connectivity index (χ1) is 14.5. The van der Waals surface area contributed by atoms with E-state index in [2.05, 4.69) is 26.1 Å². The van der Waals surface area contributed by atoms with Crippen molar-refractivity contribution in [3.8, 4) is 0 Å². The van der Waals surface area contributed by atoms with E-state index < -0.39 is 0 Å². The molecule has 2 aromatic carbocycles. The molecule has 5 heteroatoms. The van der Waals surface area contributed by atoms with Crippen LogP contribution in [0.25, 0.3) is 0 Å². The number of carbonyl (C=O) groups is 2. The van der Waals surface area contributed by atoms with E-state index in [4.69, 9.17) is 0 Å². The van der Waals surface area contributed by atoms with Gasteiger partial charge in [-0.2, -0.15) is 0 Å². The minimum absolute atomic E-state index is 0.0309. The number of hydrogen-bond donors (Lipinski definition) is 1. The second kappa shape index (κ2) is 10.7. The summed E-state index contributed by atoms with van der Waals surface area (Å²) in [6, 6.07) is 17.9. The van der Waals surface area contributed by atoms with E-state index in [-0.39, 0.29) is 23.8 Å². The molecule has 1 atom stereocenters. The minimum Gasteiger partial charge on any atom is -0.349 e. The molecule has 4 nitrogen and oxygen atoms in total. The lowest BCUT2D eigenvalue weighted by Crippen LogP contribution is -2.47. The van der Waals surface area contributed by atoms with Crippen LogP contribution in [-0.2, 0) is 4.79 Å². The zero-order valence-electron chi connectivity index (χ0n) is 18.1. The lowest BCUT2D eigenvalue weighted by Gasteiger charge is -2.34. The molecule has 1 unspecified atom stereocenters. The second-order valence-corrected chi connectivity index (χ2v) is 9.79. The fourth-order valence-electron chi connectivity index (χ4n) is 3.93. The first kappa shape index (κ1) is 22.4. The van der Waals surface area contributed by atoms with Crippen LogP contribution in [0, 0.1) is 0 Å². The molecular weight excluding hydrogens is 392 g/mol. The Bertz CT molecular complexity index is 828. The van der Waals surface area contributed by atoms with Gasteiger partial charge in [-0.15, -0.1) is 11.8 Å². The summed E-state index contributed by atoms with van der Waals surface area (Å²) in [6.45, 7) is 7.76. The predicted octanol–water partition coefficient (Wildman–Crippen LogP) is 5.10. The predicted molar refractivity (Wildman–Crippen MR) is 124 cm³/mol. The number of carbonyl (C=O) groups excluding carboxylic acids is 2. The van der Waals surface area contributed by atoms with Crippen LogP contribution in [0.15, 0.2) is 59.5 Å². The Labute approximate surface area is 184 Å². The first-order valence-corrected chi connectivity index (χ1v) is 11.8. The molecule has 3 rings (SSSR count). The Morgan fingerprint density at radius 1 is 1.03 bits per heavy atom. The minimum atomic E-state index is -0.0837. The van der Waals surface area contributed by atoms with E-state index in [1.165, 1.54) is 4.90 Å². The van der Waals surface area contributed by atoms with Gasteiger partial charge < -0.3 is 10.2 Å². The third-order valence-corrected chi connectivity index (χ3v) is 6.55. The Kier molecular flexibility index (Phi) is 7.97. The number of amides is 2. The molecule has 1 aliphatic heterocycles. The maximum atomic E-state index is 13.0. The van der Waals surface area contributed by atoms with Crippen molar-refractivity contribution in [2.75, 3.05) is 13.1 Å². The van der Waals surface area contributed by atoms with E-state index in [1.807, 2.05) is 59.5 Å². The molecule has 2 aromatic rings. The summed E-state index contributed by atoms with van der Waals surface area (Å²) < 4.78 is 0. The lowest BCUT2D eigenvalue weighted by atomic mass is 9.93. The second-order valence-electron chi connectivity index (χ2n) is 8.14. The van der Waals surface area contributed by atoms with Crippen LogP contribution < -0.4 is 5.32 Å². The molecule has 0 saturated carbocycles. The van der Waals surface area contributed by atoms with Crippen molar-refractivity contribution in [3.05, 3.63) is 65.7 Å². The van der Waals surface area contributed by atoms with Crippen molar-refractivity contribution in [3.63, 3.8) is 0 Å². The molecule has 30 heavy (non-hydrogen) atoms. The number of rotatable bonds is 7. The summed E-state index contributed by atoms with van der Waals surface area (Å²) in [5, 5.41) is 3.67. The maximum Gasteiger partial charge on any atom is 0.251 e. The number of nitrogens with one attached hydrogen (secondary N) is 1. The number of nitrogens with zero attached hydrogens (tertiary/aromatic N) is 1. The monoisotopic (exact) mass is 424 g/mol. The summed E-state index contributed by atoms with van der Waals surface area (Å²) in [5.41, 5.74) is 1.77. The van der Waals surface area contributed by atoms with Gasteiger partial charge in [-0.25, -0.2) is 0 Å². The molecule has 1 N–H and O–H groups in total. The smallest absolute Gasteiger partial charge is 0.251 e. The zero-order valence-corrected chi connectivity index (χ0v) is 19.0. The van der Waals surface area contributed by atoms with Crippen LogP contribution in [0.3, 0.4) is 0 Å². The van der Waals surface area contributed by atoms with Gasteiger partial charge in [0.2, 0.25) is 5.91 Å². The van der Waals surface area contributed by atoms with Crippen LogP contribution >= 0.6 is 11.8 Å². The van der Waals surface area contributed by atoms with Crippen LogP contribution in [-0.4, -0.2) is 41.1 Å². The van der Waals surface area contributed by atoms with Crippen molar-refractivity contribution < 1.29 is 9.59 Å². The van der Waals surface area contributed by atoms with Crippen molar-refractivity contribution >= 4 is 23.6 Å². The maximum absolute atomic E-state index is 13.0. The Morgan fingerprint density at radius 2 is 1.67 bits per heavy atom. The van der Waals surface area contributed by atoms with Crippen molar-refractivity contribution in [1.82, 2.24) is 10.2 Å². The average Bonchev–Trinajstić information content (AvgIpc) is 2.75. The van der Waals surface area contributed by atoms with Gasteiger partial charge in [-0.05, 0) is 49.1 Å². The molecule has 160 valence electrons. The first-order valence-electron chi connectivity index (χ1n) is 10.9. The largest absolute Gasteiger partial charge is 0.349 e. The van der Waals surface area contributed by atoms with Gasteiger partial charge in [0.25, 0.3) is 5.91 Å². The zero-order chi connectivity index (χ0) is 21.5. The topological polar surface area (TPSA) is 49.4 Å². The molecular formula is C25H32N2O2S.